The summed E-state index contributed by atoms with van der Waals surface area (Å²) in [4.78, 5) is 16.6. The zero-order valence-corrected chi connectivity index (χ0v) is 12.8. The number of fused-ring (bicyclic) bond motifs is 1. The molecule has 1 amide bonds. The van der Waals surface area contributed by atoms with Crippen molar-refractivity contribution in [1.29, 1.82) is 0 Å². The fourth-order valence-corrected chi connectivity index (χ4v) is 2.62. The molecule has 0 saturated carbocycles. The number of alkyl halides is 3. The molecular formula is C17H14F3N3O. The van der Waals surface area contributed by atoms with Gasteiger partial charge in [0.25, 0.3) is 5.91 Å². The van der Waals surface area contributed by atoms with E-state index >= 15 is 0 Å². The maximum atomic E-state index is 13.0. The molecule has 0 radical (unpaired) electrons. The van der Waals surface area contributed by atoms with Gasteiger partial charge in [-0.3, -0.25) is 4.79 Å². The van der Waals surface area contributed by atoms with Crippen molar-refractivity contribution in [1.82, 2.24) is 14.9 Å². The largest absolute Gasteiger partial charge is 0.416 e. The van der Waals surface area contributed by atoms with Crippen LogP contribution in [0.25, 0.3) is 11.0 Å². The first kappa shape index (κ1) is 16.0. The summed E-state index contributed by atoms with van der Waals surface area (Å²) in [6.45, 7) is -0.203. The number of amides is 1. The Kier molecular flexibility index (Phi) is 4.01. The fraction of sp³-hybridized carbons (Fsp3) is 0.176. The van der Waals surface area contributed by atoms with Crippen LogP contribution in [0.2, 0.25) is 0 Å². The molecule has 0 aliphatic heterocycles. The third kappa shape index (κ3) is 2.97. The second-order valence-corrected chi connectivity index (χ2v) is 5.37. The number of pyridine rings is 1. The van der Waals surface area contributed by atoms with Gasteiger partial charge in [0.1, 0.15) is 5.65 Å². The molecule has 3 rings (SSSR count). The van der Waals surface area contributed by atoms with Crippen LogP contribution >= 0.6 is 0 Å². The van der Waals surface area contributed by atoms with Crippen LogP contribution in [0.15, 0.2) is 48.8 Å². The van der Waals surface area contributed by atoms with Crippen molar-refractivity contribution in [3.05, 3.63) is 65.5 Å². The second-order valence-electron chi connectivity index (χ2n) is 5.37. The standard InChI is InChI=1S/C17H14F3N3O/c1-23-10-13(12-6-4-8-21-15(12)23)16(24)22-9-11-5-2-3-7-14(11)17(18,19)20/h2-8,10H,9H2,1H3,(H,22,24). The van der Waals surface area contributed by atoms with Gasteiger partial charge >= 0.3 is 6.18 Å². The van der Waals surface area contributed by atoms with Crippen molar-refractivity contribution in [2.45, 2.75) is 12.7 Å². The van der Waals surface area contributed by atoms with Crippen molar-refractivity contribution in [2.75, 3.05) is 0 Å². The molecule has 7 heteroatoms. The number of hydrogen-bond acceptors (Lipinski definition) is 2. The average molecular weight is 333 g/mol. The van der Waals surface area contributed by atoms with Crippen LogP contribution in [0.4, 0.5) is 13.2 Å². The van der Waals surface area contributed by atoms with Crippen LogP contribution in [0.5, 0.6) is 0 Å². The lowest BCUT2D eigenvalue weighted by molar-refractivity contribution is -0.138. The molecule has 0 bridgehead atoms. The third-order valence-corrected chi connectivity index (χ3v) is 3.74. The Morgan fingerprint density at radius 1 is 1.21 bits per heavy atom. The maximum Gasteiger partial charge on any atom is 0.416 e. The monoisotopic (exact) mass is 333 g/mol. The molecule has 0 unspecified atom stereocenters. The van der Waals surface area contributed by atoms with Gasteiger partial charge in [-0.25, -0.2) is 4.98 Å². The number of aryl methyl sites for hydroxylation is 1. The molecule has 3 aromatic rings. The molecule has 1 aromatic carbocycles. The molecule has 24 heavy (non-hydrogen) atoms. The van der Waals surface area contributed by atoms with Crippen molar-refractivity contribution in [3.63, 3.8) is 0 Å². The fourth-order valence-electron chi connectivity index (χ4n) is 2.62. The highest BCUT2D eigenvalue weighted by Gasteiger charge is 2.32. The number of rotatable bonds is 3. The van der Waals surface area contributed by atoms with Gasteiger partial charge in [-0.05, 0) is 23.8 Å². The minimum atomic E-state index is -4.45. The van der Waals surface area contributed by atoms with Crippen LogP contribution in [0.1, 0.15) is 21.5 Å². The van der Waals surface area contributed by atoms with E-state index in [9.17, 15) is 18.0 Å². The molecule has 2 heterocycles. The van der Waals surface area contributed by atoms with Crippen LogP contribution in [0.3, 0.4) is 0 Å². The topological polar surface area (TPSA) is 46.9 Å². The summed E-state index contributed by atoms with van der Waals surface area (Å²) in [5.41, 5.74) is 0.296. The number of carbonyl (C=O) groups excluding carboxylic acids is 1. The summed E-state index contributed by atoms with van der Waals surface area (Å²) < 4.78 is 40.7. The van der Waals surface area contributed by atoms with Gasteiger partial charge in [0, 0.05) is 31.4 Å². The lowest BCUT2D eigenvalue weighted by Gasteiger charge is -2.13. The van der Waals surface area contributed by atoms with Crippen molar-refractivity contribution < 1.29 is 18.0 Å². The Hall–Kier alpha value is -2.83. The maximum absolute atomic E-state index is 13.0. The quantitative estimate of drug-likeness (QED) is 0.797. The zero-order chi connectivity index (χ0) is 17.3. The zero-order valence-electron chi connectivity index (χ0n) is 12.8. The molecule has 0 saturated heterocycles. The van der Waals surface area contributed by atoms with Crippen molar-refractivity contribution in [2.24, 2.45) is 7.05 Å². The van der Waals surface area contributed by atoms with Crippen LogP contribution < -0.4 is 5.32 Å². The van der Waals surface area contributed by atoms with E-state index in [1.165, 1.54) is 18.2 Å². The second kappa shape index (κ2) is 5.99. The van der Waals surface area contributed by atoms with Gasteiger partial charge in [0.05, 0.1) is 11.1 Å². The van der Waals surface area contributed by atoms with Crippen LogP contribution in [-0.4, -0.2) is 15.5 Å². The molecule has 124 valence electrons. The number of benzene rings is 1. The number of halogens is 3. The van der Waals surface area contributed by atoms with Gasteiger partial charge in [0.2, 0.25) is 0 Å². The summed E-state index contributed by atoms with van der Waals surface area (Å²) in [7, 11) is 1.76. The van der Waals surface area contributed by atoms with Gasteiger partial charge in [-0.1, -0.05) is 18.2 Å². The number of nitrogens with zero attached hydrogens (tertiary/aromatic N) is 2. The highest BCUT2D eigenvalue weighted by molar-refractivity contribution is 6.06. The first-order chi connectivity index (χ1) is 11.4. The van der Waals surface area contributed by atoms with E-state index in [4.69, 9.17) is 0 Å². The molecule has 0 aliphatic rings. The van der Waals surface area contributed by atoms with Crippen LogP contribution in [0, 0.1) is 0 Å². The molecule has 2 aromatic heterocycles. The molecule has 0 aliphatic carbocycles. The molecular weight excluding hydrogens is 319 g/mol. The highest BCUT2D eigenvalue weighted by atomic mass is 19.4. The minimum absolute atomic E-state index is 0.0247. The minimum Gasteiger partial charge on any atom is -0.348 e. The molecule has 0 fully saturated rings. The first-order valence-corrected chi connectivity index (χ1v) is 7.21. The smallest absolute Gasteiger partial charge is 0.348 e. The Morgan fingerprint density at radius 2 is 1.96 bits per heavy atom. The summed E-state index contributed by atoms with van der Waals surface area (Å²) in [6.07, 6.45) is -1.23. The van der Waals surface area contributed by atoms with Gasteiger partial charge in [-0.15, -0.1) is 0 Å². The number of aromatic nitrogens is 2. The summed E-state index contributed by atoms with van der Waals surface area (Å²) in [5.74, 6) is -0.439. The normalized spacial score (nSPS) is 11.7. The lowest BCUT2D eigenvalue weighted by Crippen LogP contribution is -2.24. The van der Waals surface area contributed by atoms with Crippen LogP contribution in [-0.2, 0) is 19.8 Å². The van der Waals surface area contributed by atoms with E-state index in [-0.39, 0.29) is 12.1 Å². The molecule has 4 nitrogen and oxygen atoms in total. The van der Waals surface area contributed by atoms with Gasteiger partial charge < -0.3 is 9.88 Å². The number of hydrogen-bond donors (Lipinski definition) is 1. The van der Waals surface area contributed by atoms with E-state index < -0.39 is 17.6 Å². The Labute approximate surface area is 135 Å². The third-order valence-electron chi connectivity index (χ3n) is 3.74. The number of nitrogens with one attached hydrogen (secondary N) is 1. The Bertz CT molecular complexity index is 899. The van der Waals surface area contributed by atoms with E-state index in [0.29, 0.717) is 16.6 Å². The average Bonchev–Trinajstić information content (AvgIpc) is 2.90. The Morgan fingerprint density at radius 3 is 2.71 bits per heavy atom. The van der Waals surface area contributed by atoms with Gasteiger partial charge in [0.15, 0.2) is 0 Å². The molecule has 0 spiro atoms. The SMILES string of the molecule is Cn1cc(C(=O)NCc2ccccc2C(F)(F)F)c2cccnc21. The van der Waals surface area contributed by atoms with Gasteiger partial charge in [-0.2, -0.15) is 13.2 Å². The predicted molar refractivity (Wildman–Crippen MR) is 83.3 cm³/mol. The summed E-state index contributed by atoms with van der Waals surface area (Å²) in [6, 6.07) is 8.65. The predicted octanol–water partition coefficient (Wildman–Crippen LogP) is 3.52. The van der Waals surface area contributed by atoms with E-state index in [0.717, 1.165) is 6.07 Å². The van der Waals surface area contributed by atoms with E-state index in [1.54, 1.807) is 36.1 Å². The summed E-state index contributed by atoms with van der Waals surface area (Å²) in [5, 5.41) is 3.21. The Balaban J connectivity index is 1.84. The highest BCUT2D eigenvalue weighted by Crippen LogP contribution is 2.31. The van der Waals surface area contributed by atoms with Crippen molar-refractivity contribution >= 4 is 16.9 Å². The number of carbonyl (C=O) groups is 1. The lowest BCUT2D eigenvalue weighted by atomic mass is 10.1. The van der Waals surface area contributed by atoms with E-state index in [2.05, 4.69) is 10.3 Å². The first-order valence-electron chi connectivity index (χ1n) is 7.21. The van der Waals surface area contributed by atoms with E-state index in [1.807, 2.05) is 0 Å². The summed E-state index contributed by atoms with van der Waals surface area (Å²) >= 11 is 0. The molecule has 1 N–H and O–H groups in total. The van der Waals surface area contributed by atoms with Crippen molar-refractivity contribution in [3.8, 4) is 0 Å². The molecule has 0 atom stereocenters.